The molecule has 13 heavy (non-hydrogen) atoms. The summed E-state index contributed by atoms with van der Waals surface area (Å²) >= 11 is 0. The number of carbonyl (C=O) groups excluding carboxylic acids is 3. The molecule has 0 fully saturated rings. The van der Waals surface area contributed by atoms with Crippen LogP contribution in [0.1, 0.15) is 13.8 Å². The Labute approximate surface area is 75.3 Å². The molecule has 0 rings (SSSR count). The third-order valence-electron chi connectivity index (χ3n) is 1.22. The molecule has 74 valence electrons. The first kappa shape index (κ1) is 11.4. The lowest BCUT2D eigenvalue weighted by molar-refractivity contribution is -0.304. The van der Waals surface area contributed by atoms with Crippen LogP contribution in [0.2, 0.25) is 0 Å². The summed E-state index contributed by atoms with van der Waals surface area (Å²) in [4.78, 5) is 31.4. The highest BCUT2D eigenvalue weighted by Gasteiger charge is 2.12. The Morgan fingerprint density at radius 2 is 1.92 bits per heavy atom. The van der Waals surface area contributed by atoms with Crippen LogP contribution in [0, 0.1) is 0 Å². The molecule has 0 spiro atoms. The van der Waals surface area contributed by atoms with Crippen molar-refractivity contribution in [1.29, 1.82) is 0 Å². The number of carboxylic acid groups (broad SMARTS) is 1. The number of carboxylic acids is 1. The zero-order valence-corrected chi connectivity index (χ0v) is 7.42. The minimum Gasteiger partial charge on any atom is -0.548 e. The lowest BCUT2D eigenvalue weighted by atomic mass is 10.3. The molecule has 0 aromatic heterocycles. The zero-order valence-electron chi connectivity index (χ0n) is 7.42. The summed E-state index contributed by atoms with van der Waals surface area (Å²) in [5, 5.41) is 14.3. The average molecular weight is 187 g/mol. The SMILES string of the molecule is CC(=O)NC(C)C(=O)NCC(=O)[O-]. The van der Waals surface area contributed by atoms with Crippen molar-refractivity contribution in [1.82, 2.24) is 10.6 Å². The quantitative estimate of drug-likeness (QED) is 0.503. The zero-order chi connectivity index (χ0) is 10.4. The molecule has 0 saturated carbocycles. The van der Waals surface area contributed by atoms with E-state index in [0.717, 1.165) is 0 Å². The molecule has 0 aromatic rings. The maximum atomic E-state index is 11.0. The van der Waals surface area contributed by atoms with Gasteiger partial charge in [0.25, 0.3) is 0 Å². The van der Waals surface area contributed by atoms with Crippen molar-refractivity contribution < 1.29 is 19.5 Å². The van der Waals surface area contributed by atoms with Gasteiger partial charge in [0.15, 0.2) is 0 Å². The Balaban J connectivity index is 3.82. The molecule has 0 aromatic carbocycles. The predicted octanol–water partition coefficient (Wildman–Crippen LogP) is -2.62. The second kappa shape index (κ2) is 5.13. The van der Waals surface area contributed by atoms with E-state index in [1.807, 2.05) is 0 Å². The first-order chi connectivity index (χ1) is 5.93. The third kappa shape index (κ3) is 5.66. The first-order valence-corrected chi connectivity index (χ1v) is 3.68. The second-order valence-corrected chi connectivity index (χ2v) is 2.51. The molecular formula is C7H11N2O4-. The minimum atomic E-state index is -1.37. The summed E-state index contributed by atoms with van der Waals surface area (Å²) in [7, 11) is 0. The fraction of sp³-hybridized carbons (Fsp3) is 0.571. The minimum absolute atomic E-state index is 0.351. The number of aliphatic carboxylic acids is 1. The number of hydrogen-bond acceptors (Lipinski definition) is 4. The number of amides is 2. The lowest BCUT2D eigenvalue weighted by Crippen LogP contribution is -2.47. The van der Waals surface area contributed by atoms with Gasteiger partial charge in [-0.2, -0.15) is 0 Å². The van der Waals surface area contributed by atoms with Crippen LogP contribution in [0.4, 0.5) is 0 Å². The molecule has 0 radical (unpaired) electrons. The first-order valence-electron chi connectivity index (χ1n) is 3.68. The van der Waals surface area contributed by atoms with Gasteiger partial charge in [0, 0.05) is 6.92 Å². The van der Waals surface area contributed by atoms with Crippen LogP contribution in [-0.2, 0) is 14.4 Å². The van der Waals surface area contributed by atoms with Gasteiger partial charge in [0.05, 0.1) is 12.5 Å². The van der Waals surface area contributed by atoms with Gasteiger partial charge in [-0.05, 0) is 6.92 Å². The monoisotopic (exact) mass is 187 g/mol. The van der Waals surface area contributed by atoms with Crippen LogP contribution < -0.4 is 15.7 Å². The van der Waals surface area contributed by atoms with E-state index in [9.17, 15) is 19.5 Å². The van der Waals surface area contributed by atoms with E-state index >= 15 is 0 Å². The summed E-state index contributed by atoms with van der Waals surface area (Å²) in [5.41, 5.74) is 0. The van der Waals surface area contributed by atoms with Crippen LogP contribution >= 0.6 is 0 Å². The van der Waals surface area contributed by atoms with Crippen molar-refractivity contribution in [2.24, 2.45) is 0 Å². The normalized spacial score (nSPS) is 11.5. The van der Waals surface area contributed by atoms with Crippen molar-refractivity contribution in [3.8, 4) is 0 Å². The van der Waals surface area contributed by atoms with E-state index in [2.05, 4.69) is 10.6 Å². The van der Waals surface area contributed by atoms with E-state index in [4.69, 9.17) is 0 Å². The van der Waals surface area contributed by atoms with Crippen LogP contribution in [0.15, 0.2) is 0 Å². The smallest absolute Gasteiger partial charge is 0.242 e. The topological polar surface area (TPSA) is 98.3 Å². The maximum Gasteiger partial charge on any atom is 0.242 e. The third-order valence-corrected chi connectivity index (χ3v) is 1.22. The molecule has 0 aliphatic heterocycles. The van der Waals surface area contributed by atoms with Crippen LogP contribution in [0.5, 0.6) is 0 Å². The highest BCUT2D eigenvalue weighted by molar-refractivity contribution is 5.88. The van der Waals surface area contributed by atoms with E-state index in [0.29, 0.717) is 0 Å². The molecule has 0 aliphatic rings. The Morgan fingerprint density at radius 1 is 1.38 bits per heavy atom. The van der Waals surface area contributed by atoms with E-state index in [1.54, 1.807) is 0 Å². The molecule has 0 heterocycles. The van der Waals surface area contributed by atoms with E-state index in [-0.39, 0.29) is 5.91 Å². The Kier molecular flexibility index (Phi) is 4.50. The van der Waals surface area contributed by atoms with E-state index in [1.165, 1.54) is 13.8 Å². The number of carbonyl (C=O) groups is 3. The van der Waals surface area contributed by atoms with Gasteiger partial charge in [0.2, 0.25) is 11.8 Å². The fourth-order valence-electron chi connectivity index (χ4n) is 0.683. The van der Waals surface area contributed by atoms with Crippen molar-refractivity contribution >= 4 is 17.8 Å². The lowest BCUT2D eigenvalue weighted by Gasteiger charge is -2.12. The van der Waals surface area contributed by atoms with Gasteiger partial charge in [-0.3, -0.25) is 9.59 Å². The average Bonchev–Trinajstić information content (AvgIpc) is 1.98. The molecule has 2 N–H and O–H groups in total. The summed E-state index contributed by atoms with van der Waals surface area (Å²) < 4.78 is 0. The molecule has 0 saturated heterocycles. The fourth-order valence-corrected chi connectivity index (χ4v) is 0.683. The Bertz CT molecular complexity index is 227. The molecule has 0 aliphatic carbocycles. The van der Waals surface area contributed by atoms with Crippen LogP contribution in [-0.4, -0.2) is 30.4 Å². The number of nitrogens with one attached hydrogen (secondary N) is 2. The molecular weight excluding hydrogens is 176 g/mol. The second-order valence-electron chi connectivity index (χ2n) is 2.51. The largest absolute Gasteiger partial charge is 0.548 e. The van der Waals surface area contributed by atoms with Crippen LogP contribution in [0.25, 0.3) is 0 Å². The van der Waals surface area contributed by atoms with Gasteiger partial charge in [-0.25, -0.2) is 0 Å². The summed E-state index contributed by atoms with van der Waals surface area (Å²) in [6.07, 6.45) is 0. The van der Waals surface area contributed by atoms with Gasteiger partial charge in [-0.15, -0.1) is 0 Å². The molecule has 2 amide bonds. The van der Waals surface area contributed by atoms with Gasteiger partial charge >= 0.3 is 0 Å². The summed E-state index contributed by atoms with van der Waals surface area (Å²) in [5.74, 6) is -2.28. The van der Waals surface area contributed by atoms with Crippen molar-refractivity contribution in [3.63, 3.8) is 0 Å². The molecule has 0 bridgehead atoms. The van der Waals surface area contributed by atoms with E-state index < -0.39 is 24.5 Å². The number of hydrogen-bond donors (Lipinski definition) is 2. The van der Waals surface area contributed by atoms with Gasteiger partial charge in [0.1, 0.15) is 6.04 Å². The highest BCUT2D eigenvalue weighted by Crippen LogP contribution is 1.80. The van der Waals surface area contributed by atoms with Crippen LogP contribution in [0.3, 0.4) is 0 Å². The standard InChI is InChI=1S/C7H12N2O4/c1-4(9-5(2)10)7(13)8-3-6(11)12/h4H,3H2,1-2H3,(H,8,13)(H,9,10)(H,11,12)/p-1. The van der Waals surface area contributed by atoms with Crippen molar-refractivity contribution in [2.45, 2.75) is 19.9 Å². The molecule has 6 heteroatoms. The highest BCUT2D eigenvalue weighted by atomic mass is 16.4. The predicted molar refractivity (Wildman–Crippen MR) is 41.3 cm³/mol. The Hall–Kier alpha value is -1.59. The van der Waals surface area contributed by atoms with Crippen molar-refractivity contribution in [2.75, 3.05) is 6.54 Å². The molecule has 6 nitrogen and oxygen atoms in total. The Morgan fingerprint density at radius 3 is 2.31 bits per heavy atom. The summed E-state index contributed by atoms with van der Waals surface area (Å²) in [6.45, 7) is 2.16. The molecule has 1 atom stereocenters. The maximum absolute atomic E-state index is 11.0. The van der Waals surface area contributed by atoms with Gasteiger partial charge in [-0.1, -0.05) is 0 Å². The number of rotatable bonds is 4. The van der Waals surface area contributed by atoms with Gasteiger partial charge < -0.3 is 20.5 Å². The summed E-state index contributed by atoms with van der Waals surface area (Å²) in [6, 6.07) is -0.739. The molecule has 1 unspecified atom stereocenters. The van der Waals surface area contributed by atoms with Crippen molar-refractivity contribution in [3.05, 3.63) is 0 Å².